The number of carbonyl (C=O) groups is 1. The summed E-state index contributed by atoms with van der Waals surface area (Å²) in [5, 5.41) is 0. The van der Waals surface area contributed by atoms with Crippen LogP contribution in [0.3, 0.4) is 0 Å². The van der Waals surface area contributed by atoms with Gasteiger partial charge in [0.05, 0.1) is 0 Å². The summed E-state index contributed by atoms with van der Waals surface area (Å²) in [5.74, 6) is 0. The molecule has 0 amide bonds. The van der Waals surface area contributed by atoms with Crippen molar-refractivity contribution in [1.82, 2.24) is 0 Å². The van der Waals surface area contributed by atoms with Crippen LogP contribution in [0.4, 0.5) is 4.39 Å². The highest BCUT2D eigenvalue weighted by Crippen LogP contribution is 1.69. The lowest BCUT2D eigenvalue weighted by molar-refractivity contribution is -0.124. The van der Waals surface area contributed by atoms with Crippen LogP contribution in [-0.2, 0) is 4.79 Å². The van der Waals surface area contributed by atoms with Crippen LogP contribution in [0, 0.1) is 0 Å². The zero-order valence-corrected chi connectivity index (χ0v) is 3.02. The van der Waals surface area contributed by atoms with Gasteiger partial charge in [0.25, 0.3) is 0 Å². The van der Waals surface area contributed by atoms with Gasteiger partial charge in [-0.2, -0.15) is 4.39 Å². The van der Waals surface area contributed by atoms with Gasteiger partial charge in [0.2, 0.25) is 0 Å². The van der Waals surface area contributed by atoms with Gasteiger partial charge in [0.1, 0.15) is 0 Å². The molecule has 0 unspecified atom stereocenters. The van der Waals surface area contributed by atoms with Gasteiger partial charge in [-0.3, -0.25) is 4.79 Å². The fraction of sp³-hybridized carbons (Fsp3) is 0. The third kappa shape index (κ3) is 3.14. The van der Waals surface area contributed by atoms with Crippen LogP contribution in [0.15, 0.2) is 12.3 Å². The highest BCUT2D eigenvalue weighted by molar-refractivity contribution is 5.80. The minimum absolute atomic E-state index is 0.639. The molecule has 0 bridgehead atoms. The number of allylic oxidation sites excluding steroid dienone is 1. The third-order valence-electron chi connectivity index (χ3n) is 0.227. The SMILES string of the molecule is N/C=C/C(=O)F. The van der Waals surface area contributed by atoms with E-state index in [0.29, 0.717) is 6.08 Å². The molecule has 0 heterocycles. The van der Waals surface area contributed by atoms with Gasteiger partial charge < -0.3 is 5.73 Å². The molecule has 0 fully saturated rings. The molecule has 0 saturated carbocycles. The number of hydrogen-bond donors (Lipinski definition) is 1. The normalized spacial score (nSPS) is 9.50. The summed E-state index contributed by atoms with van der Waals surface area (Å²) in [6.07, 6.45) is 1.49. The molecular weight excluding hydrogens is 85.0 g/mol. The summed E-state index contributed by atoms with van der Waals surface area (Å²) in [4.78, 5) is 9.21. The van der Waals surface area contributed by atoms with Gasteiger partial charge in [-0.05, 0) is 0 Å². The van der Waals surface area contributed by atoms with Gasteiger partial charge in [-0.1, -0.05) is 0 Å². The first-order chi connectivity index (χ1) is 2.77. The van der Waals surface area contributed by atoms with Gasteiger partial charge in [0, 0.05) is 12.3 Å². The Morgan fingerprint density at radius 3 is 2.33 bits per heavy atom. The first-order valence-corrected chi connectivity index (χ1v) is 1.35. The minimum Gasteiger partial charge on any atom is -0.404 e. The van der Waals surface area contributed by atoms with Crippen molar-refractivity contribution in [3.63, 3.8) is 0 Å². The monoisotopic (exact) mass is 89.0 g/mol. The molecule has 0 atom stereocenters. The first-order valence-electron chi connectivity index (χ1n) is 1.35. The molecule has 0 aromatic heterocycles. The second-order valence-corrected chi connectivity index (χ2v) is 0.663. The van der Waals surface area contributed by atoms with E-state index < -0.39 is 6.04 Å². The Hall–Kier alpha value is -0.860. The fourth-order valence-electron chi connectivity index (χ4n) is 0.0757. The largest absolute Gasteiger partial charge is 0.404 e. The van der Waals surface area contributed by atoms with E-state index in [0.717, 1.165) is 6.20 Å². The van der Waals surface area contributed by atoms with Crippen LogP contribution in [0.2, 0.25) is 0 Å². The maximum atomic E-state index is 10.9. The lowest BCUT2D eigenvalue weighted by atomic mass is 10.7. The van der Waals surface area contributed by atoms with Crippen molar-refractivity contribution in [3.8, 4) is 0 Å². The number of halogens is 1. The van der Waals surface area contributed by atoms with Crippen LogP contribution in [0.5, 0.6) is 0 Å². The molecule has 2 N–H and O–H groups in total. The molecule has 34 valence electrons. The van der Waals surface area contributed by atoms with Crippen molar-refractivity contribution < 1.29 is 9.18 Å². The van der Waals surface area contributed by atoms with E-state index >= 15 is 0 Å². The van der Waals surface area contributed by atoms with E-state index in [1.807, 2.05) is 0 Å². The molecule has 0 spiro atoms. The van der Waals surface area contributed by atoms with Crippen molar-refractivity contribution >= 4 is 6.04 Å². The predicted molar refractivity (Wildman–Crippen MR) is 19.4 cm³/mol. The van der Waals surface area contributed by atoms with E-state index in [1.54, 1.807) is 0 Å². The molecule has 0 aromatic carbocycles. The molecule has 0 radical (unpaired) electrons. The number of carbonyl (C=O) groups excluding carboxylic acids is 1. The van der Waals surface area contributed by atoms with Gasteiger partial charge >= 0.3 is 6.04 Å². The lowest BCUT2D eigenvalue weighted by Crippen LogP contribution is -1.81. The summed E-state index contributed by atoms with van der Waals surface area (Å²) in [7, 11) is 0. The maximum absolute atomic E-state index is 10.9. The zero-order chi connectivity index (χ0) is 4.99. The smallest absolute Gasteiger partial charge is 0.326 e. The predicted octanol–water partition coefficient (Wildman–Crippen LogP) is -0.0451. The Labute approximate surface area is 34.4 Å². The van der Waals surface area contributed by atoms with Crippen LogP contribution >= 0.6 is 0 Å². The van der Waals surface area contributed by atoms with Crippen molar-refractivity contribution in [2.75, 3.05) is 0 Å². The minimum atomic E-state index is -1.52. The van der Waals surface area contributed by atoms with Gasteiger partial charge in [0.15, 0.2) is 0 Å². The summed E-state index contributed by atoms with van der Waals surface area (Å²) < 4.78 is 10.9. The Kier molecular flexibility index (Phi) is 2.04. The van der Waals surface area contributed by atoms with Crippen LogP contribution in [0.1, 0.15) is 0 Å². The Bertz CT molecular complexity index is 78.9. The topological polar surface area (TPSA) is 43.1 Å². The Balaban J connectivity index is 3.30. The standard InChI is InChI=1S/C3H4FNO/c4-3(6)1-2-5/h1-2H,5H2/b2-1+. The molecule has 0 aliphatic rings. The zero-order valence-electron chi connectivity index (χ0n) is 3.02. The van der Waals surface area contributed by atoms with Crippen LogP contribution in [-0.4, -0.2) is 6.04 Å². The molecule has 6 heavy (non-hydrogen) atoms. The van der Waals surface area contributed by atoms with E-state index in [-0.39, 0.29) is 0 Å². The molecule has 2 nitrogen and oxygen atoms in total. The highest BCUT2D eigenvalue weighted by atomic mass is 19.1. The van der Waals surface area contributed by atoms with Gasteiger partial charge in [-0.15, -0.1) is 0 Å². The Morgan fingerprint density at radius 1 is 1.83 bits per heavy atom. The first kappa shape index (κ1) is 5.14. The summed E-state index contributed by atoms with van der Waals surface area (Å²) in [6, 6.07) is -1.52. The molecule has 0 saturated heterocycles. The molecular formula is C3H4FNO. The third-order valence-corrected chi connectivity index (χ3v) is 0.227. The fourth-order valence-corrected chi connectivity index (χ4v) is 0.0757. The van der Waals surface area contributed by atoms with Crippen molar-refractivity contribution in [2.24, 2.45) is 5.73 Å². The summed E-state index contributed by atoms with van der Waals surface area (Å²) in [6.45, 7) is 0. The second kappa shape index (κ2) is 2.38. The van der Waals surface area contributed by atoms with E-state index in [4.69, 9.17) is 0 Å². The average Bonchev–Trinajstić information content (AvgIpc) is 1.35. The molecule has 0 aliphatic carbocycles. The molecule has 3 heteroatoms. The lowest BCUT2D eigenvalue weighted by Gasteiger charge is -1.64. The Morgan fingerprint density at radius 2 is 2.33 bits per heavy atom. The summed E-state index contributed by atoms with van der Waals surface area (Å²) >= 11 is 0. The van der Waals surface area contributed by atoms with E-state index in [9.17, 15) is 9.18 Å². The van der Waals surface area contributed by atoms with Crippen molar-refractivity contribution in [2.45, 2.75) is 0 Å². The highest BCUT2D eigenvalue weighted by Gasteiger charge is 1.80. The quantitative estimate of drug-likeness (QED) is 0.361. The number of rotatable bonds is 1. The molecule has 0 aliphatic heterocycles. The maximum Gasteiger partial charge on any atom is 0.326 e. The molecule has 0 rings (SSSR count). The molecule has 0 aromatic rings. The van der Waals surface area contributed by atoms with Crippen LogP contribution in [0.25, 0.3) is 0 Å². The van der Waals surface area contributed by atoms with Crippen molar-refractivity contribution in [1.29, 1.82) is 0 Å². The van der Waals surface area contributed by atoms with E-state index in [2.05, 4.69) is 5.73 Å². The number of nitrogens with two attached hydrogens (primary N) is 1. The number of hydrogen-bond acceptors (Lipinski definition) is 2. The van der Waals surface area contributed by atoms with Crippen LogP contribution < -0.4 is 5.73 Å². The van der Waals surface area contributed by atoms with Crippen molar-refractivity contribution in [3.05, 3.63) is 12.3 Å². The summed E-state index contributed by atoms with van der Waals surface area (Å²) in [5.41, 5.74) is 4.59. The second-order valence-electron chi connectivity index (χ2n) is 0.663. The average molecular weight is 89.1 g/mol. The van der Waals surface area contributed by atoms with Gasteiger partial charge in [-0.25, -0.2) is 0 Å². The van der Waals surface area contributed by atoms with E-state index in [1.165, 1.54) is 0 Å².